The van der Waals surface area contributed by atoms with Gasteiger partial charge in [0.15, 0.2) is 0 Å². The van der Waals surface area contributed by atoms with Crippen LogP contribution in [-0.2, 0) is 14.8 Å². The Kier molecular flexibility index (Phi) is 4.18. The predicted octanol–water partition coefficient (Wildman–Crippen LogP) is 1.52. The second-order valence-electron chi connectivity index (χ2n) is 5.51. The van der Waals surface area contributed by atoms with Gasteiger partial charge in [0.1, 0.15) is 5.82 Å². The Balaban J connectivity index is 2.38. The van der Waals surface area contributed by atoms with Crippen LogP contribution in [0.5, 0.6) is 0 Å². The summed E-state index contributed by atoms with van der Waals surface area (Å²) in [6.07, 6.45) is 0. The molecule has 0 bridgehead atoms. The monoisotopic (exact) mass is 309 g/mol. The Hall–Kier alpha value is -1.70. The Bertz CT molecular complexity index is 757. The first-order valence-corrected chi connectivity index (χ1v) is 7.91. The van der Waals surface area contributed by atoms with E-state index in [1.165, 1.54) is 13.2 Å². The summed E-state index contributed by atoms with van der Waals surface area (Å²) >= 11 is 0. The van der Waals surface area contributed by atoms with E-state index in [4.69, 9.17) is 10.5 Å². The molecule has 6 nitrogen and oxygen atoms in total. The predicted molar refractivity (Wildman–Crippen MR) is 82.4 cm³/mol. The van der Waals surface area contributed by atoms with E-state index in [1.807, 2.05) is 0 Å². The van der Waals surface area contributed by atoms with Gasteiger partial charge in [-0.25, -0.2) is 18.1 Å². The van der Waals surface area contributed by atoms with Gasteiger partial charge in [0, 0.05) is 12.5 Å². The molecule has 0 saturated carbocycles. The molecule has 7 heteroatoms. The zero-order valence-electron chi connectivity index (χ0n) is 12.3. The molecule has 0 amide bonds. The van der Waals surface area contributed by atoms with Crippen LogP contribution in [-0.4, -0.2) is 32.7 Å². The van der Waals surface area contributed by atoms with Gasteiger partial charge in [-0.2, -0.15) is 0 Å². The van der Waals surface area contributed by atoms with Crippen LogP contribution in [0.15, 0.2) is 35.2 Å². The van der Waals surface area contributed by atoms with Gasteiger partial charge in [-0.1, -0.05) is 0 Å². The van der Waals surface area contributed by atoms with Gasteiger partial charge >= 0.3 is 0 Å². The van der Waals surface area contributed by atoms with Crippen molar-refractivity contribution in [3.05, 3.63) is 30.3 Å². The van der Waals surface area contributed by atoms with Gasteiger partial charge in [-0.3, -0.25) is 0 Å². The third kappa shape index (κ3) is 3.69. The number of methoxy groups -OCH3 is 1. The second kappa shape index (κ2) is 5.59. The van der Waals surface area contributed by atoms with E-state index in [0.29, 0.717) is 11.3 Å². The van der Waals surface area contributed by atoms with E-state index < -0.39 is 15.6 Å². The minimum absolute atomic E-state index is 0.186. The summed E-state index contributed by atoms with van der Waals surface area (Å²) in [5.74, 6) is 0.400. The number of pyridine rings is 1. The van der Waals surface area contributed by atoms with Crippen LogP contribution >= 0.6 is 0 Å². The Labute approximate surface area is 124 Å². The van der Waals surface area contributed by atoms with E-state index in [-0.39, 0.29) is 11.5 Å². The van der Waals surface area contributed by atoms with E-state index in [0.717, 1.165) is 5.39 Å². The Morgan fingerprint density at radius 3 is 2.67 bits per heavy atom. The van der Waals surface area contributed by atoms with E-state index >= 15 is 0 Å². The standard InChI is InChI=1S/C14H19N3O3S/c1-14(2,9-20-3)17-21(18,19)11-5-6-12-10(8-11)4-7-13(15)16-12/h4-8,17H,9H2,1-3H3,(H2,15,16). The highest BCUT2D eigenvalue weighted by Crippen LogP contribution is 2.20. The first-order valence-electron chi connectivity index (χ1n) is 6.43. The summed E-state index contributed by atoms with van der Waals surface area (Å²) in [6.45, 7) is 3.80. The molecule has 1 aromatic carbocycles. The summed E-state index contributed by atoms with van der Waals surface area (Å²) in [7, 11) is -2.10. The molecule has 1 heterocycles. The number of hydrogen-bond donors (Lipinski definition) is 2. The van der Waals surface area contributed by atoms with Gasteiger partial charge < -0.3 is 10.5 Å². The number of rotatable bonds is 5. The highest BCUT2D eigenvalue weighted by atomic mass is 32.2. The highest BCUT2D eigenvalue weighted by Gasteiger charge is 2.26. The minimum Gasteiger partial charge on any atom is -0.384 e. The molecule has 0 radical (unpaired) electrons. The molecule has 0 fully saturated rings. The molecular weight excluding hydrogens is 290 g/mol. The van der Waals surface area contributed by atoms with Crippen molar-refractivity contribution >= 4 is 26.7 Å². The lowest BCUT2D eigenvalue weighted by molar-refractivity contribution is 0.141. The summed E-state index contributed by atoms with van der Waals surface area (Å²) in [5.41, 5.74) is 5.57. The lowest BCUT2D eigenvalue weighted by Crippen LogP contribution is -2.46. The number of sulfonamides is 1. The van der Waals surface area contributed by atoms with Crippen molar-refractivity contribution in [1.29, 1.82) is 0 Å². The van der Waals surface area contributed by atoms with Crippen molar-refractivity contribution in [2.45, 2.75) is 24.3 Å². The van der Waals surface area contributed by atoms with Crippen LogP contribution in [0.2, 0.25) is 0 Å². The van der Waals surface area contributed by atoms with Crippen molar-refractivity contribution in [3.63, 3.8) is 0 Å². The van der Waals surface area contributed by atoms with Crippen LogP contribution in [0.1, 0.15) is 13.8 Å². The number of ether oxygens (including phenoxy) is 1. The van der Waals surface area contributed by atoms with Gasteiger partial charge in [0.05, 0.1) is 22.6 Å². The second-order valence-corrected chi connectivity index (χ2v) is 7.20. The molecule has 21 heavy (non-hydrogen) atoms. The summed E-state index contributed by atoms with van der Waals surface area (Å²) < 4.78 is 32.5. The van der Waals surface area contributed by atoms with Gasteiger partial charge in [0.2, 0.25) is 10.0 Å². The Morgan fingerprint density at radius 2 is 2.00 bits per heavy atom. The maximum absolute atomic E-state index is 12.4. The number of nitrogens with two attached hydrogens (primary N) is 1. The zero-order chi connectivity index (χ0) is 15.7. The molecule has 0 saturated heterocycles. The summed E-state index contributed by atoms with van der Waals surface area (Å²) in [6, 6.07) is 8.12. The summed E-state index contributed by atoms with van der Waals surface area (Å²) in [4.78, 5) is 4.33. The third-order valence-electron chi connectivity index (χ3n) is 2.91. The normalized spacial score (nSPS) is 12.7. The minimum atomic E-state index is -3.63. The van der Waals surface area contributed by atoms with Crippen LogP contribution in [0.3, 0.4) is 0 Å². The van der Waals surface area contributed by atoms with Crippen molar-refractivity contribution in [2.24, 2.45) is 0 Å². The molecule has 2 rings (SSSR count). The van der Waals surface area contributed by atoms with Crippen LogP contribution in [0.4, 0.5) is 5.82 Å². The molecular formula is C14H19N3O3S. The van der Waals surface area contributed by atoms with Gasteiger partial charge in [0.25, 0.3) is 0 Å². The Morgan fingerprint density at radius 1 is 1.29 bits per heavy atom. The van der Waals surface area contributed by atoms with E-state index in [9.17, 15) is 8.42 Å². The highest BCUT2D eigenvalue weighted by molar-refractivity contribution is 7.89. The van der Waals surface area contributed by atoms with Crippen LogP contribution in [0, 0.1) is 0 Å². The number of aromatic nitrogens is 1. The first-order chi connectivity index (χ1) is 9.73. The average molecular weight is 309 g/mol. The number of nitrogen functional groups attached to an aromatic ring is 1. The maximum Gasteiger partial charge on any atom is 0.241 e. The number of benzene rings is 1. The molecule has 0 atom stereocenters. The molecule has 0 aliphatic heterocycles. The molecule has 0 aliphatic rings. The number of fused-ring (bicyclic) bond motifs is 1. The number of nitrogens with one attached hydrogen (secondary N) is 1. The fourth-order valence-corrected chi connectivity index (χ4v) is 3.53. The average Bonchev–Trinajstić information content (AvgIpc) is 2.36. The lowest BCUT2D eigenvalue weighted by Gasteiger charge is -2.24. The van der Waals surface area contributed by atoms with Crippen molar-refractivity contribution < 1.29 is 13.2 Å². The van der Waals surface area contributed by atoms with Crippen LogP contribution < -0.4 is 10.5 Å². The third-order valence-corrected chi connectivity index (χ3v) is 4.60. The fraction of sp³-hybridized carbons (Fsp3) is 0.357. The molecule has 114 valence electrons. The van der Waals surface area contributed by atoms with Crippen molar-refractivity contribution in [1.82, 2.24) is 9.71 Å². The van der Waals surface area contributed by atoms with Crippen LogP contribution in [0.25, 0.3) is 10.9 Å². The smallest absolute Gasteiger partial charge is 0.241 e. The maximum atomic E-state index is 12.4. The first kappa shape index (κ1) is 15.7. The topological polar surface area (TPSA) is 94.3 Å². The molecule has 0 unspecified atom stereocenters. The number of anilines is 1. The quantitative estimate of drug-likeness (QED) is 0.873. The van der Waals surface area contributed by atoms with Crippen molar-refractivity contribution in [2.75, 3.05) is 19.5 Å². The SMILES string of the molecule is COCC(C)(C)NS(=O)(=O)c1ccc2nc(N)ccc2c1. The van der Waals surface area contributed by atoms with Gasteiger partial charge in [-0.15, -0.1) is 0 Å². The molecule has 0 spiro atoms. The molecule has 0 aliphatic carbocycles. The zero-order valence-corrected chi connectivity index (χ0v) is 13.1. The fourth-order valence-electron chi connectivity index (χ4n) is 2.10. The van der Waals surface area contributed by atoms with E-state index in [2.05, 4.69) is 9.71 Å². The van der Waals surface area contributed by atoms with E-state index in [1.54, 1.807) is 38.1 Å². The number of nitrogens with zero attached hydrogens (tertiary/aromatic N) is 1. The van der Waals surface area contributed by atoms with Crippen molar-refractivity contribution in [3.8, 4) is 0 Å². The number of hydrogen-bond acceptors (Lipinski definition) is 5. The molecule has 2 aromatic rings. The largest absolute Gasteiger partial charge is 0.384 e. The molecule has 3 N–H and O–H groups in total. The lowest BCUT2D eigenvalue weighted by atomic mass is 10.1. The van der Waals surface area contributed by atoms with Gasteiger partial charge in [-0.05, 0) is 44.2 Å². The summed E-state index contributed by atoms with van der Waals surface area (Å²) in [5, 5.41) is 0.719. The molecule has 1 aromatic heterocycles.